The second kappa shape index (κ2) is 9.05. The van der Waals surface area contributed by atoms with Gasteiger partial charge < -0.3 is 10.1 Å². The summed E-state index contributed by atoms with van der Waals surface area (Å²) in [6.07, 6.45) is -0.647. The molecule has 1 N–H and O–H groups in total. The maximum absolute atomic E-state index is 13.3. The molecule has 166 valence electrons. The normalized spacial score (nSPS) is 17.8. The van der Waals surface area contributed by atoms with Crippen LogP contribution >= 0.6 is 23.2 Å². The fourth-order valence-electron chi connectivity index (χ4n) is 4.00. The van der Waals surface area contributed by atoms with Crippen LogP contribution in [0.3, 0.4) is 0 Å². The van der Waals surface area contributed by atoms with E-state index in [1.165, 1.54) is 11.1 Å². The number of aryl methyl sites for hydroxylation is 2. The van der Waals surface area contributed by atoms with Crippen molar-refractivity contribution < 1.29 is 9.53 Å². The van der Waals surface area contributed by atoms with Crippen LogP contribution in [0.4, 0.5) is 11.4 Å². The zero-order valence-electron chi connectivity index (χ0n) is 18.6. The van der Waals surface area contributed by atoms with E-state index in [0.29, 0.717) is 22.3 Å². The molecule has 1 saturated heterocycles. The summed E-state index contributed by atoms with van der Waals surface area (Å²) in [5.41, 5.74) is 6.59. The minimum Gasteiger partial charge on any atom is -0.477 e. The van der Waals surface area contributed by atoms with Gasteiger partial charge in [-0.25, -0.2) is 0 Å². The number of carbonyl (C=O) groups excluding carboxylic acids is 1. The van der Waals surface area contributed by atoms with Crippen LogP contribution in [0.15, 0.2) is 54.6 Å². The molecule has 0 radical (unpaired) electrons. The number of β-lactam (4-membered cyclic amide) rings is 1. The molecule has 0 unspecified atom stereocenters. The van der Waals surface area contributed by atoms with Crippen molar-refractivity contribution in [2.45, 2.75) is 39.8 Å². The van der Waals surface area contributed by atoms with Crippen molar-refractivity contribution >= 4 is 40.5 Å². The summed E-state index contributed by atoms with van der Waals surface area (Å²) in [5, 5.41) is 4.43. The third-order valence-electron chi connectivity index (χ3n) is 6.25. The van der Waals surface area contributed by atoms with Crippen LogP contribution in [-0.2, 0) is 4.79 Å². The number of ether oxygens (including phenoxy) is 1. The van der Waals surface area contributed by atoms with Crippen molar-refractivity contribution in [3.05, 3.63) is 86.9 Å². The van der Waals surface area contributed by atoms with Gasteiger partial charge in [0.1, 0.15) is 11.8 Å². The van der Waals surface area contributed by atoms with Crippen molar-refractivity contribution in [1.29, 1.82) is 0 Å². The first-order valence-electron chi connectivity index (χ1n) is 10.6. The number of carbonyl (C=O) groups is 1. The SMILES string of the molecule is Cc1cccc(NC[C@H]2[C@@H](Oc3ccc(Cl)cc3Cl)C(=O)N2c2cccc(C)c2C)c1C. The van der Waals surface area contributed by atoms with E-state index in [1.54, 1.807) is 18.2 Å². The van der Waals surface area contributed by atoms with Crippen LogP contribution < -0.4 is 15.0 Å². The summed E-state index contributed by atoms with van der Waals surface area (Å²) in [4.78, 5) is 15.1. The topological polar surface area (TPSA) is 41.6 Å². The molecule has 6 heteroatoms. The van der Waals surface area contributed by atoms with E-state index in [2.05, 4.69) is 31.3 Å². The van der Waals surface area contributed by atoms with Crippen molar-refractivity contribution in [2.75, 3.05) is 16.8 Å². The molecule has 3 aromatic carbocycles. The second-order valence-electron chi connectivity index (χ2n) is 8.24. The van der Waals surface area contributed by atoms with Gasteiger partial charge in [-0.1, -0.05) is 47.5 Å². The highest BCUT2D eigenvalue weighted by atomic mass is 35.5. The van der Waals surface area contributed by atoms with Gasteiger partial charge in [0.05, 0.1) is 5.02 Å². The number of amides is 1. The summed E-state index contributed by atoms with van der Waals surface area (Å²) < 4.78 is 6.10. The lowest BCUT2D eigenvalue weighted by Crippen LogP contribution is -2.69. The number of hydrogen-bond donors (Lipinski definition) is 1. The quantitative estimate of drug-likeness (QED) is 0.419. The van der Waals surface area contributed by atoms with Crippen LogP contribution in [0.25, 0.3) is 0 Å². The Hall–Kier alpha value is -2.69. The summed E-state index contributed by atoms with van der Waals surface area (Å²) in [5.74, 6) is 0.365. The van der Waals surface area contributed by atoms with Gasteiger partial charge in [0.15, 0.2) is 6.10 Å². The highest BCUT2D eigenvalue weighted by Gasteiger charge is 2.50. The van der Waals surface area contributed by atoms with Gasteiger partial charge in [0.2, 0.25) is 0 Å². The summed E-state index contributed by atoms with van der Waals surface area (Å²) in [6.45, 7) is 8.81. The third kappa shape index (κ3) is 4.17. The van der Waals surface area contributed by atoms with Gasteiger partial charge in [-0.3, -0.25) is 9.69 Å². The average molecular weight is 469 g/mol. The number of nitrogens with one attached hydrogen (secondary N) is 1. The van der Waals surface area contributed by atoms with E-state index in [0.717, 1.165) is 22.5 Å². The zero-order valence-corrected chi connectivity index (χ0v) is 20.1. The fourth-order valence-corrected chi connectivity index (χ4v) is 4.46. The Labute approximate surface area is 199 Å². The first-order valence-corrected chi connectivity index (χ1v) is 11.3. The third-order valence-corrected chi connectivity index (χ3v) is 6.78. The molecule has 1 amide bonds. The molecule has 4 nitrogen and oxygen atoms in total. The predicted octanol–water partition coefficient (Wildman–Crippen LogP) is 6.50. The van der Waals surface area contributed by atoms with E-state index >= 15 is 0 Å². The van der Waals surface area contributed by atoms with Crippen molar-refractivity contribution in [2.24, 2.45) is 0 Å². The number of nitrogens with zero attached hydrogens (tertiary/aromatic N) is 1. The van der Waals surface area contributed by atoms with Gasteiger partial charge >= 0.3 is 0 Å². The lowest BCUT2D eigenvalue weighted by molar-refractivity contribution is -0.134. The molecule has 1 fully saturated rings. The van der Waals surface area contributed by atoms with Gasteiger partial charge in [-0.05, 0) is 80.3 Å². The number of anilines is 2. The van der Waals surface area contributed by atoms with Crippen molar-refractivity contribution in [1.82, 2.24) is 0 Å². The van der Waals surface area contributed by atoms with Crippen LogP contribution in [0.1, 0.15) is 22.3 Å². The largest absolute Gasteiger partial charge is 0.477 e. The molecule has 0 spiro atoms. The first kappa shape index (κ1) is 22.5. The molecule has 4 rings (SSSR count). The minimum absolute atomic E-state index is 0.0857. The Kier molecular flexibility index (Phi) is 6.36. The molecule has 0 saturated carbocycles. The van der Waals surface area contributed by atoms with Crippen LogP contribution in [0.2, 0.25) is 10.0 Å². The summed E-state index contributed by atoms with van der Waals surface area (Å²) in [6, 6.07) is 17.0. The van der Waals surface area contributed by atoms with Gasteiger partial charge in [0.25, 0.3) is 5.91 Å². The summed E-state index contributed by atoms with van der Waals surface area (Å²) >= 11 is 12.3. The lowest BCUT2D eigenvalue weighted by Gasteiger charge is -2.47. The Morgan fingerprint density at radius 2 is 1.62 bits per heavy atom. The van der Waals surface area contributed by atoms with Crippen LogP contribution in [0, 0.1) is 27.7 Å². The molecule has 0 aliphatic carbocycles. The molecule has 2 atom stereocenters. The molecule has 1 aliphatic rings. The summed E-state index contributed by atoms with van der Waals surface area (Å²) in [7, 11) is 0. The first-order chi connectivity index (χ1) is 15.3. The van der Waals surface area contributed by atoms with E-state index in [4.69, 9.17) is 27.9 Å². The molecule has 32 heavy (non-hydrogen) atoms. The second-order valence-corrected chi connectivity index (χ2v) is 9.08. The maximum atomic E-state index is 13.3. The number of hydrogen-bond acceptors (Lipinski definition) is 3. The van der Waals surface area contributed by atoms with E-state index in [1.807, 2.05) is 43.0 Å². The van der Waals surface area contributed by atoms with Crippen LogP contribution in [-0.4, -0.2) is 24.6 Å². The molecule has 1 aliphatic heterocycles. The Morgan fingerprint density at radius 3 is 2.34 bits per heavy atom. The number of benzene rings is 3. The minimum atomic E-state index is -0.647. The zero-order chi connectivity index (χ0) is 23.0. The van der Waals surface area contributed by atoms with E-state index in [-0.39, 0.29) is 11.9 Å². The van der Waals surface area contributed by atoms with Gasteiger partial charge in [-0.15, -0.1) is 0 Å². The fraction of sp³-hybridized carbons (Fsp3) is 0.269. The predicted molar refractivity (Wildman–Crippen MR) is 132 cm³/mol. The Balaban J connectivity index is 1.63. The Morgan fingerprint density at radius 1 is 0.938 bits per heavy atom. The molecule has 3 aromatic rings. The van der Waals surface area contributed by atoms with Crippen LogP contribution in [0.5, 0.6) is 5.75 Å². The standard InChI is InChI=1S/C26H26Cl2N2O2/c1-15-7-5-9-21(17(15)3)29-14-23-25(32-24-12-11-19(27)13-20(24)28)26(31)30(23)22-10-6-8-16(2)18(22)4/h5-13,23,25,29H,14H2,1-4H3/t23-,25+/m0/s1. The highest BCUT2D eigenvalue weighted by molar-refractivity contribution is 6.35. The smallest absolute Gasteiger partial charge is 0.270 e. The number of rotatable bonds is 6. The van der Waals surface area contributed by atoms with Gasteiger partial charge in [-0.2, -0.15) is 0 Å². The van der Waals surface area contributed by atoms with Gasteiger partial charge in [0, 0.05) is 22.9 Å². The molecule has 0 bridgehead atoms. The monoisotopic (exact) mass is 468 g/mol. The van der Waals surface area contributed by atoms with Crippen molar-refractivity contribution in [3.8, 4) is 5.75 Å². The molecular weight excluding hydrogens is 443 g/mol. The highest BCUT2D eigenvalue weighted by Crippen LogP contribution is 2.37. The van der Waals surface area contributed by atoms with Crippen molar-refractivity contribution in [3.63, 3.8) is 0 Å². The van der Waals surface area contributed by atoms with E-state index < -0.39 is 6.10 Å². The molecule has 0 aromatic heterocycles. The molecule has 1 heterocycles. The average Bonchev–Trinajstić information content (AvgIpc) is 2.76. The Bertz CT molecular complexity index is 1180. The van der Waals surface area contributed by atoms with E-state index in [9.17, 15) is 4.79 Å². The number of halogens is 2. The lowest BCUT2D eigenvalue weighted by atomic mass is 9.93. The molecular formula is C26H26Cl2N2O2. The maximum Gasteiger partial charge on any atom is 0.270 e.